The van der Waals surface area contributed by atoms with Crippen molar-refractivity contribution in [3.63, 3.8) is 0 Å². The van der Waals surface area contributed by atoms with Gasteiger partial charge in [-0.05, 0) is 69.2 Å². The predicted molar refractivity (Wildman–Crippen MR) is 125 cm³/mol. The zero-order chi connectivity index (χ0) is 23.5. The van der Waals surface area contributed by atoms with E-state index in [1.54, 1.807) is 12.1 Å². The van der Waals surface area contributed by atoms with Crippen LogP contribution < -0.4 is 5.32 Å². The highest BCUT2D eigenvalue weighted by atomic mass is 16.5. The Hall–Kier alpha value is -3.87. The molecule has 7 nitrogen and oxygen atoms in total. The molecule has 0 aliphatic heterocycles. The van der Waals surface area contributed by atoms with E-state index in [-0.39, 0.29) is 17.9 Å². The van der Waals surface area contributed by atoms with Crippen LogP contribution in [0, 0.1) is 13.8 Å². The summed E-state index contributed by atoms with van der Waals surface area (Å²) in [6.45, 7) is 5.80. The number of hydrogen-bond acceptors (Lipinski definition) is 5. The van der Waals surface area contributed by atoms with Gasteiger partial charge in [-0.2, -0.15) is 5.10 Å². The fraction of sp³-hybridized carbons (Fsp3) is 0.269. The second kappa shape index (κ2) is 9.32. The van der Waals surface area contributed by atoms with Crippen LogP contribution in [0.15, 0.2) is 59.0 Å². The molecule has 1 amide bonds. The summed E-state index contributed by atoms with van der Waals surface area (Å²) < 4.78 is 12.4. The van der Waals surface area contributed by atoms with Crippen molar-refractivity contribution < 1.29 is 18.7 Å². The molecule has 1 N–H and O–H groups in total. The van der Waals surface area contributed by atoms with Crippen molar-refractivity contribution in [1.29, 1.82) is 0 Å². The van der Waals surface area contributed by atoms with Gasteiger partial charge < -0.3 is 14.5 Å². The van der Waals surface area contributed by atoms with Crippen molar-refractivity contribution in [2.24, 2.45) is 0 Å². The van der Waals surface area contributed by atoms with E-state index in [2.05, 4.69) is 10.4 Å². The van der Waals surface area contributed by atoms with Crippen molar-refractivity contribution in [2.75, 3.05) is 7.11 Å². The third-order valence-corrected chi connectivity index (χ3v) is 5.84. The maximum absolute atomic E-state index is 12.8. The molecule has 0 saturated heterocycles. The van der Waals surface area contributed by atoms with E-state index in [4.69, 9.17) is 9.15 Å². The van der Waals surface area contributed by atoms with Gasteiger partial charge in [0, 0.05) is 23.1 Å². The SMILES string of the molecule is COC(=O)CCc1c(C)nn(-c2ccc(C(=O)NC(C)c3cc4ccccc4o3)cc2)c1C. The number of carbonyl (C=O) groups excluding carboxylic acids is 2. The number of nitrogens with one attached hydrogen (secondary N) is 1. The number of furan rings is 1. The van der Waals surface area contributed by atoms with Gasteiger partial charge in [-0.3, -0.25) is 9.59 Å². The Labute approximate surface area is 192 Å². The number of rotatable bonds is 7. The number of nitrogens with zero attached hydrogens (tertiary/aromatic N) is 2. The molecule has 0 spiro atoms. The number of esters is 1. The fourth-order valence-corrected chi connectivity index (χ4v) is 3.94. The lowest BCUT2D eigenvalue weighted by atomic mass is 10.1. The number of methoxy groups -OCH3 is 1. The van der Waals surface area contributed by atoms with Gasteiger partial charge in [0.15, 0.2) is 0 Å². The Morgan fingerprint density at radius 1 is 1.12 bits per heavy atom. The first-order valence-electron chi connectivity index (χ1n) is 10.9. The molecule has 0 aliphatic rings. The molecular weight excluding hydrogens is 418 g/mol. The Balaban J connectivity index is 1.46. The van der Waals surface area contributed by atoms with Gasteiger partial charge >= 0.3 is 5.97 Å². The second-order valence-electron chi connectivity index (χ2n) is 8.07. The predicted octanol–water partition coefficient (Wildman–Crippen LogP) is 4.83. The first-order chi connectivity index (χ1) is 15.9. The fourth-order valence-electron chi connectivity index (χ4n) is 3.94. The molecule has 1 atom stereocenters. The van der Waals surface area contributed by atoms with Crippen LogP contribution in [-0.4, -0.2) is 28.8 Å². The Bertz CT molecular complexity index is 1270. The van der Waals surface area contributed by atoms with Crippen LogP contribution >= 0.6 is 0 Å². The molecule has 0 radical (unpaired) electrons. The average molecular weight is 446 g/mol. The molecule has 2 aromatic heterocycles. The number of aryl methyl sites for hydroxylation is 1. The van der Waals surface area contributed by atoms with Crippen LogP contribution in [0.2, 0.25) is 0 Å². The summed E-state index contributed by atoms with van der Waals surface area (Å²) >= 11 is 0. The Kier molecular flexibility index (Phi) is 6.31. The number of benzene rings is 2. The summed E-state index contributed by atoms with van der Waals surface area (Å²) in [7, 11) is 1.39. The smallest absolute Gasteiger partial charge is 0.305 e. The zero-order valence-corrected chi connectivity index (χ0v) is 19.2. The van der Waals surface area contributed by atoms with Crippen LogP contribution in [-0.2, 0) is 16.0 Å². The summed E-state index contributed by atoms with van der Waals surface area (Å²) in [5, 5.41) is 8.62. The number of carbonyl (C=O) groups is 2. The maximum atomic E-state index is 12.8. The lowest BCUT2D eigenvalue weighted by molar-refractivity contribution is -0.140. The Morgan fingerprint density at radius 2 is 1.85 bits per heavy atom. The minimum Gasteiger partial charge on any atom is -0.469 e. The number of amides is 1. The molecule has 7 heteroatoms. The molecule has 33 heavy (non-hydrogen) atoms. The first kappa shape index (κ1) is 22.3. The molecule has 2 aromatic carbocycles. The minimum atomic E-state index is -0.266. The van der Waals surface area contributed by atoms with E-state index in [0.29, 0.717) is 24.2 Å². The Morgan fingerprint density at radius 3 is 2.55 bits per heavy atom. The van der Waals surface area contributed by atoms with E-state index in [1.807, 2.05) is 67.9 Å². The van der Waals surface area contributed by atoms with Gasteiger partial charge in [0.05, 0.1) is 24.5 Å². The van der Waals surface area contributed by atoms with Crippen LogP contribution in [0.5, 0.6) is 0 Å². The van der Waals surface area contributed by atoms with E-state index < -0.39 is 0 Å². The summed E-state index contributed by atoms with van der Waals surface area (Å²) in [4.78, 5) is 24.3. The number of hydrogen-bond donors (Lipinski definition) is 1. The highest BCUT2D eigenvalue weighted by molar-refractivity contribution is 5.94. The van der Waals surface area contributed by atoms with Crippen molar-refractivity contribution in [1.82, 2.24) is 15.1 Å². The molecule has 2 heterocycles. The van der Waals surface area contributed by atoms with Gasteiger partial charge in [-0.25, -0.2) is 4.68 Å². The van der Waals surface area contributed by atoms with Crippen LogP contribution in [0.25, 0.3) is 16.7 Å². The van der Waals surface area contributed by atoms with Crippen molar-refractivity contribution in [3.05, 3.63) is 82.9 Å². The molecular formula is C26H27N3O4. The molecule has 4 rings (SSSR count). The van der Waals surface area contributed by atoms with Gasteiger partial charge in [-0.15, -0.1) is 0 Å². The highest BCUT2D eigenvalue weighted by Crippen LogP contribution is 2.24. The number of fused-ring (bicyclic) bond motifs is 1. The van der Waals surface area contributed by atoms with Gasteiger partial charge in [-0.1, -0.05) is 18.2 Å². The number of aromatic nitrogens is 2. The topological polar surface area (TPSA) is 86.4 Å². The zero-order valence-electron chi connectivity index (χ0n) is 19.2. The average Bonchev–Trinajstić information content (AvgIpc) is 3.38. The molecule has 0 fully saturated rings. The van der Waals surface area contributed by atoms with Crippen LogP contribution in [0.4, 0.5) is 0 Å². The molecule has 0 bridgehead atoms. The highest BCUT2D eigenvalue weighted by Gasteiger charge is 2.17. The summed E-state index contributed by atoms with van der Waals surface area (Å²) in [6, 6.07) is 16.7. The largest absolute Gasteiger partial charge is 0.469 e. The maximum Gasteiger partial charge on any atom is 0.305 e. The normalized spacial score (nSPS) is 12.0. The van der Waals surface area contributed by atoms with Crippen molar-refractivity contribution in [3.8, 4) is 5.69 Å². The number of para-hydroxylation sites is 1. The molecule has 4 aromatic rings. The first-order valence-corrected chi connectivity index (χ1v) is 10.9. The lowest BCUT2D eigenvalue weighted by Gasteiger charge is -2.12. The molecule has 170 valence electrons. The third kappa shape index (κ3) is 4.67. The van der Waals surface area contributed by atoms with E-state index >= 15 is 0 Å². The summed E-state index contributed by atoms with van der Waals surface area (Å²) in [6.07, 6.45) is 0.886. The monoisotopic (exact) mass is 445 g/mol. The molecule has 0 saturated carbocycles. The summed E-state index contributed by atoms with van der Waals surface area (Å²) in [5.41, 5.74) is 5.07. The lowest BCUT2D eigenvalue weighted by Crippen LogP contribution is -2.26. The van der Waals surface area contributed by atoms with E-state index in [0.717, 1.165) is 33.6 Å². The molecule has 1 unspecified atom stereocenters. The van der Waals surface area contributed by atoms with Gasteiger partial charge in [0.25, 0.3) is 5.91 Å². The third-order valence-electron chi connectivity index (χ3n) is 5.84. The van der Waals surface area contributed by atoms with Crippen molar-refractivity contribution >= 4 is 22.8 Å². The van der Waals surface area contributed by atoms with Crippen molar-refractivity contribution in [2.45, 2.75) is 39.7 Å². The second-order valence-corrected chi connectivity index (χ2v) is 8.07. The minimum absolute atomic E-state index is 0.179. The number of ether oxygens (including phenoxy) is 1. The molecule has 0 aliphatic carbocycles. The standard InChI is InChI=1S/C26H27N3O4/c1-16-22(13-14-25(30)32-4)18(3)29(28-16)21-11-9-19(10-12-21)26(31)27-17(2)24-15-20-7-5-6-8-23(20)33-24/h5-12,15,17H,13-14H2,1-4H3,(H,27,31). The van der Waals surface area contributed by atoms with E-state index in [9.17, 15) is 9.59 Å². The van der Waals surface area contributed by atoms with Gasteiger partial charge in [0.1, 0.15) is 11.3 Å². The quantitative estimate of drug-likeness (QED) is 0.412. The van der Waals surface area contributed by atoms with Crippen LogP contribution in [0.1, 0.15) is 52.5 Å². The van der Waals surface area contributed by atoms with Crippen LogP contribution in [0.3, 0.4) is 0 Å². The van der Waals surface area contributed by atoms with E-state index in [1.165, 1.54) is 7.11 Å². The van der Waals surface area contributed by atoms with Gasteiger partial charge in [0.2, 0.25) is 0 Å². The summed E-state index contributed by atoms with van der Waals surface area (Å²) in [5.74, 6) is 0.290.